The summed E-state index contributed by atoms with van der Waals surface area (Å²) in [6.45, 7) is 1.44. The zero-order chi connectivity index (χ0) is 15.5. The number of alkyl halides is 3. The van der Waals surface area contributed by atoms with Crippen molar-refractivity contribution in [3.05, 3.63) is 29.8 Å². The largest absolute Gasteiger partial charge is 0.484 e. The van der Waals surface area contributed by atoms with Crippen LogP contribution in [-0.4, -0.2) is 18.2 Å². The van der Waals surface area contributed by atoms with Gasteiger partial charge < -0.3 is 4.74 Å². The first-order chi connectivity index (χ1) is 9.86. The van der Waals surface area contributed by atoms with Gasteiger partial charge in [0.25, 0.3) is 5.91 Å². The zero-order valence-electron chi connectivity index (χ0n) is 11.4. The summed E-state index contributed by atoms with van der Waals surface area (Å²) in [7, 11) is 0. The minimum atomic E-state index is -4.44. The molecule has 4 nitrogen and oxygen atoms in total. The van der Waals surface area contributed by atoms with Gasteiger partial charge in [-0.2, -0.15) is 18.3 Å². The number of hydrazone groups is 1. The van der Waals surface area contributed by atoms with Crippen molar-refractivity contribution in [2.75, 3.05) is 6.61 Å². The molecule has 0 radical (unpaired) electrons. The first-order valence-electron chi connectivity index (χ1n) is 6.49. The molecule has 1 amide bonds. The van der Waals surface area contributed by atoms with Gasteiger partial charge >= 0.3 is 6.18 Å². The third-order valence-corrected chi connectivity index (χ3v) is 3.06. The average molecular weight is 300 g/mol. The van der Waals surface area contributed by atoms with Gasteiger partial charge in [-0.25, -0.2) is 5.43 Å². The van der Waals surface area contributed by atoms with Gasteiger partial charge in [-0.15, -0.1) is 0 Å². The van der Waals surface area contributed by atoms with Crippen LogP contribution in [0.1, 0.15) is 25.3 Å². The Morgan fingerprint density at radius 2 is 2.14 bits per heavy atom. The molecule has 0 atom stereocenters. The topological polar surface area (TPSA) is 50.7 Å². The van der Waals surface area contributed by atoms with Gasteiger partial charge in [-0.1, -0.05) is 6.07 Å². The number of carbonyl (C=O) groups is 1. The lowest BCUT2D eigenvalue weighted by atomic mass is 10.2. The number of rotatable bonds is 5. The first kappa shape index (κ1) is 15.3. The molecule has 0 aliphatic heterocycles. The lowest BCUT2D eigenvalue weighted by Gasteiger charge is -2.09. The molecule has 0 unspecified atom stereocenters. The van der Waals surface area contributed by atoms with Crippen molar-refractivity contribution in [3.63, 3.8) is 0 Å². The van der Waals surface area contributed by atoms with E-state index in [-0.39, 0.29) is 12.4 Å². The number of nitrogens with one attached hydrogen (secondary N) is 1. The number of amides is 1. The van der Waals surface area contributed by atoms with E-state index < -0.39 is 17.6 Å². The van der Waals surface area contributed by atoms with E-state index in [1.165, 1.54) is 12.1 Å². The van der Waals surface area contributed by atoms with Crippen molar-refractivity contribution in [1.29, 1.82) is 0 Å². The van der Waals surface area contributed by atoms with Crippen LogP contribution in [0.4, 0.5) is 13.2 Å². The number of hydrogen-bond donors (Lipinski definition) is 1. The normalized spacial score (nSPS) is 15.7. The smallest absolute Gasteiger partial charge is 0.416 e. The lowest BCUT2D eigenvalue weighted by molar-refractivity contribution is -0.137. The summed E-state index contributed by atoms with van der Waals surface area (Å²) >= 11 is 0. The van der Waals surface area contributed by atoms with Crippen molar-refractivity contribution < 1.29 is 22.7 Å². The van der Waals surface area contributed by atoms with E-state index in [1.807, 2.05) is 6.92 Å². The maximum absolute atomic E-state index is 12.5. The van der Waals surface area contributed by atoms with Crippen LogP contribution in [0.5, 0.6) is 5.75 Å². The molecule has 1 aromatic rings. The van der Waals surface area contributed by atoms with Crippen LogP contribution >= 0.6 is 0 Å². The fraction of sp³-hybridized carbons (Fsp3) is 0.429. The Balaban J connectivity index is 1.85. The average Bonchev–Trinajstić information content (AvgIpc) is 3.26. The summed E-state index contributed by atoms with van der Waals surface area (Å²) in [4.78, 5) is 11.5. The van der Waals surface area contributed by atoms with E-state index >= 15 is 0 Å². The molecule has 1 aliphatic rings. The third-order valence-electron chi connectivity index (χ3n) is 3.06. The molecule has 1 aromatic carbocycles. The lowest BCUT2D eigenvalue weighted by Crippen LogP contribution is -2.25. The molecule has 7 heteroatoms. The van der Waals surface area contributed by atoms with Gasteiger partial charge in [0.15, 0.2) is 6.61 Å². The summed E-state index contributed by atoms with van der Waals surface area (Å²) in [5, 5.41) is 3.91. The molecule has 21 heavy (non-hydrogen) atoms. The molecule has 0 bridgehead atoms. The van der Waals surface area contributed by atoms with E-state index in [0.29, 0.717) is 5.92 Å². The fourth-order valence-corrected chi connectivity index (χ4v) is 1.69. The highest BCUT2D eigenvalue weighted by Gasteiger charge is 2.30. The van der Waals surface area contributed by atoms with Crippen LogP contribution < -0.4 is 10.2 Å². The minimum Gasteiger partial charge on any atom is -0.484 e. The SMILES string of the molecule is C/C(=N/NC(=O)COc1cccc(C(F)(F)F)c1)C1CC1. The maximum Gasteiger partial charge on any atom is 0.416 e. The molecular formula is C14H15F3N2O2. The van der Waals surface area contributed by atoms with Crippen molar-refractivity contribution >= 4 is 11.6 Å². The van der Waals surface area contributed by atoms with Gasteiger partial charge in [-0.05, 0) is 43.9 Å². The van der Waals surface area contributed by atoms with Crippen LogP contribution in [0, 0.1) is 5.92 Å². The van der Waals surface area contributed by atoms with Crippen LogP contribution in [-0.2, 0) is 11.0 Å². The Hall–Kier alpha value is -2.05. The van der Waals surface area contributed by atoms with E-state index in [0.717, 1.165) is 30.7 Å². The second-order valence-electron chi connectivity index (χ2n) is 4.88. The number of hydrogen-bond acceptors (Lipinski definition) is 3. The van der Waals surface area contributed by atoms with Gasteiger partial charge in [0.1, 0.15) is 5.75 Å². The second-order valence-corrected chi connectivity index (χ2v) is 4.88. The maximum atomic E-state index is 12.5. The molecule has 0 spiro atoms. The fourth-order valence-electron chi connectivity index (χ4n) is 1.69. The van der Waals surface area contributed by atoms with E-state index in [9.17, 15) is 18.0 Å². The van der Waals surface area contributed by atoms with Crippen molar-refractivity contribution in [3.8, 4) is 5.75 Å². The number of halogens is 3. The molecule has 1 N–H and O–H groups in total. The Bertz CT molecular complexity index is 551. The zero-order valence-corrected chi connectivity index (χ0v) is 11.4. The highest BCUT2D eigenvalue weighted by atomic mass is 19.4. The van der Waals surface area contributed by atoms with Crippen LogP contribution in [0.25, 0.3) is 0 Å². The number of benzene rings is 1. The van der Waals surface area contributed by atoms with Gasteiger partial charge in [0.05, 0.1) is 5.56 Å². The Morgan fingerprint density at radius 3 is 2.76 bits per heavy atom. The predicted octanol–water partition coefficient (Wildman–Crippen LogP) is 2.99. The molecule has 114 valence electrons. The summed E-state index contributed by atoms with van der Waals surface area (Å²) in [6.07, 6.45) is -2.29. The standard InChI is InChI=1S/C14H15F3N2O2/c1-9(10-5-6-10)18-19-13(20)8-21-12-4-2-3-11(7-12)14(15,16)17/h2-4,7,10H,5-6,8H2,1H3,(H,19,20)/b18-9-. The quantitative estimate of drug-likeness (QED) is 0.671. The van der Waals surface area contributed by atoms with Crippen molar-refractivity contribution in [2.24, 2.45) is 11.0 Å². The van der Waals surface area contributed by atoms with E-state index in [2.05, 4.69) is 10.5 Å². The van der Waals surface area contributed by atoms with E-state index in [1.54, 1.807) is 0 Å². The summed E-state index contributed by atoms with van der Waals surface area (Å²) < 4.78 is 42.5. The Kier molecular flexibility index (Phi) is 4.50. The molecule has 0 saturated heterocycles. The Morgan fingerprint density at radius 1 is 1.43 bits per heavy atom. The Labute approximate surface area is 120 Å². The van der Waals surface area contributed by atoms with E-state index in [4.69, 9.17) is 4.74 Å². The summed E-state index contributed by atoms with van der Waals surface area (Å²) in [5.74, 6) is -0.0787. The molecule has 0 aromatic heterocycles. The molecule has 0 heterocycles. The monoisotopic (exact) mass is 300 g/mol. The number of carbonyl (C=O) groups excluding carboxylic acids is 1. The molecule has 1 fully saturated rings. The number of nitrogens with zero attached hydrogens (tertiary/aromatic N) is 1. The molecule has 1 aliphatic carbocycles. The van der Waals surface area contributed by atoms with Gasteiger partial charge in [0, 0.05) is 5.71 Å². The first-order valence-corrected chi connectivity index (χ1v) is 6.49. The second kappa shape index (κ2) is 6.15. The van der Waals surface area contributed by atoms with Gasteiger partial charge in [0.2, 0.25) is 0 Å². The highest BCUT2D eigenvalue weighted by Crippen LogP contribution is 2.31. The highest BCUT2D eigenvalue weighted by molar-refractivity contribution is 5.88. The summed E-state index contributed by atoms with van der Waals surface area (Å²) in [5.41, 5.74) is 2.35. The van der Waals surface area contributed by atoms with Gasteiger partial charge in [-0.3, -0.25) is 4.79 Å². The molecule has 2 rings (SSSR count). The van der Waals surface area contributed by atoms with Crippen LogP contribution in [0.15, 0.2) is 29.4 Å². The summed E-state index contributed by atoms with van der Waals surface area (Å²) in [6, 6.07) is 4.38. The molecule has 1 saturated carbocycles. The number of ether oxygens (including phenoxy) is 1. The molecular weight excluding hydrogens is 285 g/mol. The van der Waals surface area contributed by atoms with Crippen molar-refractivity contribution in [1.82, 2.24) is 5.43 Å². The third kappa shape index (κ3) is 4.77. The van der Waals surface area contributed by atoms with Crippen LogP contribution in [0.2, 0.25) is 0 Å². The van der Waals surface area contributed by atoms with Crippen molar-refractivity contribution in [2.45, 2.75) is 25.9 Å². The minimum absolute atomic E-state index is 0.0112. The van der Waals surface area contributed by atoms with Crippen LogP contribution in [0.3, 0.4) is 0 Å². The predicted molar refractivity (Wildman–Crippen MR) is 70.9 cm³/mol.